The molecule has 17 heavy (non-hydrogen) atoms. The van der Waals surface area contributed by atoms with Gasteiger partial charge in [0.05, 0.1) is 16.7 Å². The van der Waals surface area contributed by atoms with Gasteiger partial charge in [-0.1, -0.05) is 6.92 Å². The van der Waals surface area contributed by atoms with E-state index >= 15 is 0 Å². The number of rotatable bonds is 5. The van der Waals surface area contributed by atoms with Crippen LogP contribution in [0.5, 0.6) is 0 Å². The predicted octanol–water partition coefficient (Wildman–Crippen LogP) is 1.47. The van der Waals surface area contributed by atoms with Crippen LogP contribution in [0.2, 0.25) is 0 Å². The van der Waals surface area contributed by atoms with Crippen LogP contribution in [0.4, 0.5) is 0 Å². The van der Waals surface area contributed by atoms with Crippen LogP contribution < -0.4 is 5.32 Å². The minimum atomic E-state index is 0.216. The first-order valence-corrected chi connectivity index (χ1v) is 6.57. The van der Waals surface area contributed by atoms with E-state index < -0.39 is 0 Å². The van der Waals surface area contributed by atoms with Crippen molar-refractivity contribution in [2.24, 2.45) is 7.05 Å². The molecule has 0 aliphatic rings. The van der Waals surface area contributed by atoms with Crippen LogP contribution in [0.3, 0.4) is 0 Å². The SMILES string of the molecule is CCNC(Cc1ncnn1C)c1csc(C)n1. The molecular formula is C11H17N5S. The highest BCUT2D eigenvalue weighted by atomic mass is 32.1. The summed E-state index contributed by atoms with van der Waals surface area (Å²) in [5, 5.41) is 10.7. The summed E-state index contributed by atoms with van der Waals surface area (Å²) >= 11 is 1.68. The standard InChI is InChI=1S/C11H17N5S/c1-4-12-9(10-6-17-8(2)15-10)5-11-13-7-14-16(11)3/h6-7,9,12H,4-5H2,1-3H3. The summed E-state index contributed by atoms with van der Waals surface area (Å²) in [4.78, 5) is 8.80. The maximum absolute atomic E-state index is 4.54. The molecular weight excluding hydrogens is 234 g/mol. The van der Waals surface area contributed by atoms with Gasteiger partial charge in [-0.2, -0.15) is 5.10 Å². The Hall–Kier alpha value is -1.27. The molecule has 0 spiro atoms. The molecule has 0 aliphatic carbocycles. The van der Waals surface area contributed by atoms with Crippen LogP contribution in [0.15, 0.2) is 11.7 Å². The molecule has 1 N–H and O–H groups in total. The molecule has 0 aliphatic heterocycles. The smallest absolute Gasteiger partial charge is 0.138 e. The highest BCUT2D eigenvalue weighted by Gasteiger charge is 2.16. The number of aromatic nitrogens is 4. The second kappa shape index (κ2) is 5.37. The first kappa shape index (κ1) is 12.2. The third-order valence-electron chi connectivity index (χ3n) is 2.64. The molecule has 1 atom stereocenters. The van der Waals surface area contributed by atoms with Gasteiger partial charge >= 0.3 is 0 Å². The van der Waals surface area contributed by atoms with E-state index in [2.05, 4.69) is 32.7 Å². The summed E-state index contributed by atoms with van der Waals surface area (Å²) in [5.41, 5.74) is 1.09. The normalized spacial score (nSPS) is 12.9. The average molecular weight is 251 g/mol. The fraction of sp³-hybridized carbons (Fsp3) is 0.545. The van der Waals surface area contributed by atoms with Gasteiger partial charge in [0.25, 0.3) is 0 Å². The fourth-order valence-electron chi connectivity index (χ4n) is 1.76. The van der Waals surface area contributed by atoms with E-state index in [1.807, 2.05) is 18.7 Å². The number of thiazole rings is 1. The molecule has 0 saturated heterocycles. The second-order valence-corrected chi connectivity index (χ2v) is 4.97. The van der Waals surface area contributed by atoms with Crippen LogP contribution in [0.1, 0.15) is 29.5 Å². The molecule has 0 bridgehead atoms. The molecule has 0 aromatic carbocycles. The van der Waals surface area contributed by atoms with E-state index in [0.29, 0.717) is 0 Å². The van der Waals surface area contributed by atoms with E-state index in [9.17, 15) is 0 Å². The number of likely N-dealkylation sites (N-methyl/N-ethyl adjacent to an activating group) is 1. The summed E-state index contributed by atoms with van der Waals surface area (Å²) in [7, 11) is 1.91. The van der Waals surface area contributed by atoms with Crippen molar-refractivity contribution in [3.05, 3.63) is 28.2 Å². The Morgan fingerprint density at radius 3 is 2.88 bits per heavy atom. The van der Waals surface area contributed by atoms with Crippen molar-refractivity contribution >= 4 is 11.3 Å². The maximum Gasteiger partial charge on any atom is 0.138 e. The topological polar surface area (TPSA) is 55.6 Å². The quantitative estimate of drug-likeness (QED) is 0.874. The monoisotopic (exact) mass is 251 g/mol. The van der Waals surface area contributed by atoms with Crippen molar-refractivity contribution < 1.29 is 0 Å². The molecule has 0 saturated carbocycles. The minimum absolute atomic E-state index is 0.216. The van der Waals surface area contributed by atoms with Crippen molar-refractivity contribution in [3.63, 3.8) is 0 Å². The lowest BCUT2D eigenvalue weighted by molar-refractivity contribution is 0.513. The Kier molecular flexibility index (Phi) is 3.86. The van der Waals surface area contributed by atoms with Crippen molar-refractivity contribution in [1.29, 1.82) is 0 Å². The van der Waals surface area contributed by atoms with Crippen molar-refractivity contribution in [3.8, 4) is 0 Å². The van der Waals surface area contributed by atoms with Crippen LogP contribution in [-0.2, 0) is 13.5 Å². The Bertz CT molecular complexity index is 476. The van der Waals surface area contributed by atoms with Gasteiger partial charge < -0.3 is 5.32 Å². The van der Waals surface area contributed by atoms with Crippen LogP contribution in [0, 0.1) is 6.92 Å². The maximum atomic E-state index is 4.54. The molecule has 92 valence electrons. The van der Waals surface area contributed by atoms with Gasteiger partial charge in [-0.25, -0.2) is 9.97 Å². The average Bonchev–Trinajstić information content (AvgIpc) is 2.88. The van der Waals surface area contributed by atoms with Crippen molar-refractivity contribution in [2.75, 3.05) is 6.54 Å². The Balaban J connectivity index is 2.15. The molecule has 5 nitrogen and oxygen atoms in total. The summed E-state index contributed by atoms with van der Waals surface area (Å²) < 4.78 is 1.81. The van der Waals surface area contributed by atoms with Crippen LogP contribution in [0.25, 0.3) is 0 Å². The van der Waals surface area contributed by atoms with Gasteiger partial charge in [-0.3, -0.25) is 4.68 Å². The van der Waals surface area contributed by atoms with Gasteiger partial charge in [-0.05, 0) is 13.5 Å². The summed E-state index contributed by atoms with van der Waals surface area (Å²) in [6, 6.07) is 0.216. The van der Waals surface area contributed by atoms with Gasteiger partial charge in [0.1, 0.15) is 12.2 Å². The zero-order valence-electron chi connectivity index (χ0n) is 10.3. The molecule has 1 unspecified atom stereocenters. The molecule has 2 rings (SSSR count). The highest BCUT2D eigenvalue weighted by Crippen LogP contribution is 2.19. The Labute approximate surface area is 105 Å². The van der Waals surface area contributed by atoms with Crippen LogP contribution in [-0.4, -0.2) is 26.3 Å². The molecule has 2 aromatic rings. The van der Waals surface area contributed by atoms with Crippen molar-refractivity contribution in [2.45, 2.75) is 26.3 Å². The lowest BCUT2D eigenvalue weighted by Gasteiger charge is -2.14. The lowest BCUT2D eigenvalue weighted by Crippen LogP contribution is -2.24. The molecule has 0 radical (unpaired) electrons. The molecule has 0 fully saturated rings. The Morgan fingerprint density at radius 2 is 2.35 bits per heavy atom. The minimum Gasteiger partial charge on any atom is -0.309 e. The zero-order valence-corrected chi connectivity index (χ0v) is 11.2. The second-order valence-electron chi connectivity index (χ2n) is 3.91. The van der Waals surface area contributed by atoms with Gasteiger partial charge in [0.15, 0.2) is 0 Å². The number of hydrogen-bond acceptors (Lipinski definition) is 5. The number of hydrogen-bond donors (Lipinski definition) is 1. The fourth-order valence-corrected chi connectivity index (χ4v) is 2.42. The molecule has 0 amide bonds. The third kappa shape index (κ3) is 2.89. The van der Waals surface area contributed by atoms with E-state index in [0.717, 1.165) is 29.5 Å². The van der Waals surface area contributed by atoms with E-state index in [1.165, 1.54) is 0 Å². The Morgan fingerprint density at radius 1 is 1.53 bits per heavy atom. The van der Waals surface area contributed by atoms with Gasteiger partial charge in [0.2, 0.25) is 0 Å². The van der Waals surface area contributed by atoms with Crippen LogP contribution >= 0.6 is 11.3 Å². The van der Waals surface area contributed by atoms with E-state index in [4.69, 9.17) is 0 Å². The number of aryl methyl sites for hydroxylation is 2. The molecule has 6 heteroatoms. The molecule has 2 aromatic heterocycles. The van der Waals surface area contributed by atoms with E-state index in [-0.39, 0.29) is 6.04 Å². The summed E-state index contributed by atoms with van der Waals surface area (Å²) in [5.74, 6) is 0.974. The first-order valence-electron chi connectivity index (χ1n) is 5.69. The number of nitrogens with zero attached hydrogens (tertiary/aromatic N) is 4. The third-order valence-corrected chi connectivity index (χ3v) is 3.43. The zero-order chi connectivity index (χ0) is 12.3. The summed E-state index contributed by atoms with van der Waals surface area (Å²) in [6.45, 7) is 5.04. The lowest BCUT2D eigenvalue weighted by atomic mass is 10.1. The highest BCUT2D eigenvalue weighted by molar-refractivity contribution is 7.09. The van der Waals surface area contributed by atoms with Gasteiger partial charge in [-0.15, -0.1) is 11.3 Å². The predicted molar refractivity (Wildman–Crippen MR) is 68.0 cm³/mol. The van der Waals surface area contributed by atoms with Gasteiger partial charge in [0, 0.05) is 18.8 Å². The molecule has 2 heterocycles. The largest absolute Gasteiger partial charge is 0.309 e. The first-order chi connectivity index (χ1) is 8.20. The van der Waals surface area contributed by atoms with Crippen molar-refractivity contribution in [1.82, 2.24) is 25.1 Å². The summed E-state index contributed by atoms with van der Waals surface area (Å²) in [6.07, 6.45) is 2.40. The number of nitrogens with one attached hydrogen (secondary N) is 1. The van der Waals surface area contributed by atoms with E-state index in [1.54, 1.807) is 17.7 Å².